The van der Waals surface area contributed by atoms with Gasteiger partial charge in [0.1, 0.15) is 0 Å². The first-order valence-electron chi connectivity index (χ1n) is 4.55. The van der Waals surface area contributed by atoms with E-state index in [2.05, 4.69) is 25.6 Å². The van der Waals surface area contributed by atoms with Crippen molar-refractivity contribution in [2.45, 2.75) is 6.92 Å². The molecule has 0 bridgehead atoms. The Morgan fingerprint density at radius 3 is 1.80 bits per heavy atom. The Morgan fingerprint density at radius 2 is 1.60 bits per heavy atom. The zero-order valence-electron chi connectivity index (χ0n) is 8.50. The maximum atomic E-state index is 5.60. The van der Waals surface area contributed by atoms with Gasteiger partial charge in [0, 0.05) is 0 Å². The van der Waals surface area contributed by atoms with Crippen LogP contribution in [0.15, 0.2) is 64.7 Å². The molecule has 0 fully saturated rings. The Morgan fingerprint density at radius 1 is 1.00 bits per heavy atom. The van der Waals surface area contributed by atoms with Gasteiger partial charge in [0.2, 0.25) is 0 Å². The van der Waals surface area contributed by atoms with Crippen LogP contribution in [0.4, 0.5) is 0 Å². The van der Waals surface area contributed by atoms with E-state index >= 15 is 0 Å². The predicted octanol–water partition coefficient (Wildman–Crippen LogP) is 4.80. The van der Waals surface area contributed by atoms with E-state index in [1.54, 1.807) is 12.2 Å². The summed E-state index contributed by atoms with van der Waals surface area (Å²) in [7, 11) is 0. The fourth-order valence-corrected chi connectivity index (χ4v) is 1.32. The number of halogens is 2. The van der Waals surface area contributed by atoms with Crippen molar-refractivity contribution < 1.29 is 0 Å². The fourth-order valence-electron chi connectivity index (χ4n) is 1.01. The molecule has 0 heterocycles. The van der Waals surface area contributed by atoms with Crippen molar-refractivity contribution in [1.29, 1.82) is 0 Å². The first kappa shape index (κ1) is 12.1. The molecule has 1 aromatic carbocycles. The molecule has 0 saturated heterocycles. The van der Waals surface area contributed by atoms with Crippen molar-refractivity contribution in [2.24, 2.45) is 0 Å². The lowest BCUT2D eigenvalue weighted by Crippen LogP contribution is -1.66. The molecule has 0 spiro atoms. The van der Waals surface area contributed by atoms with Gasteiger partial charge < -0.3 is 0 Å². The van der Waals surface area contributed by atoms with Gasteiger partial charge in [0.05, 0.1) is 10.1 Å². The van der Waals surface area contributed by atoms with Crippen molar-refractivity contribution in [3.8, 4) is 0 Å². The Kier molecular flexibility index (Phi) is 4.67. The van der Waals surface area contributed by atoms with Crippen molar-refractivity contribution >= 4 is 23.2 Å². The lowest BCUT2D eigenvalue weighted by molar-refractivity contribution is 1.48. The van der Waals surface area contributed by atoms with Gasteiger partial charge in [-0.1, -0.05) is 71.8 Å². The number of hydrogen-bond acceptors (Lipinski definition) is 0. The zero-order chi connectivity index (χ0) is 11.3. The minimum absolute atomic E-state index is 0.562. The van der Waals surface area contributed by atoms with Crippen LogP contribution < -0.4 is 0 Å². The Balaban J connectivity index is 0.000000151. The van der Waals surface area contributed by atoms with Crippen LogP contribution in [-0.2, 0) is 0 Å². The van der Waals surface area contributed by atoms with Gasteiger partial charge in [0.25, 0.3) is 0 Å². The van der Waals surface area contributed by atoms with Crippen LogP contribution in [0, 0.1) is 6.92 Å². The van der Waals surface area contributed by atoms with Crippen molar-refractivity contribution in [2.75, 3.05) is 0 Å². The first-order valence-corrected chi connectivity index (χ1v) is 5.31. The van der Waals surface area contributed by atoms with Crippen molar-refractivity contribution in [3.63, 3.8) is 0 Å². The Labute approximate surface area is 101 Å². The van der Waals surface area contributed by atoms with Gasteiger partial charge >= 0.3 is 0 Å². The first-order chi connectivity index (χ1) is 7.11. The SMILES string of the molecule is C=C1C=CC(Cl)=C1Cl.Cc1ccccc1. The topological polar surface area (TPSA) is 0 Å². The molecule has 0 amide bonds. The van der Waals surface area contributed by atoms with Crippen LogP contribution in [-0.4, -0.2) is 0 Å². The number of aryl methyl sites for hydroxylation is 1. The highest BCUT2D eigenvalue weighted by molar-refractivity contribution is 6.42. The van der Waals surface area contributed by atoms with Crippen LogP contribution in [0.2, 0.25) is 0 Å². The summed E-state index contributed by atoms with van der Waals surface area (Å²) in [5.74, 6) is 0. The molecule has 0 nitrogen and oxygen atoms in total. The van der Waals surface area contributed by atoms with Crippen LogP contribution in [0.3, 0.4) is 0 Å². The van der Waals surface area contributed by atoms with Crippen molar-refractivity contribution in [3.05, 3.63) is 70.3 Å². The van der Waals surface area contributed by atoms with Crippen LogP contribution in [0.25, 0.3) is 0 Å². The maximum absolute atomic E-state index is 5.60. The molecule has 2 rings (SSSR count). The molecule has 0 atom stereocenters. The van der Waals surface area contributed by atoms with Gasteiger partial charge in [-0.05, 0) is 18.6 Å². The third kappa shape index (κ3) is 3.94. The van der Waals surface area contributed by atoms with Gasteiger partial charge in [-0.25, -0.2) is 0 Å². The average molecular weight is 239 g/mol. The molecule has 0 N–H and O–H groups in total. The van der Waals surface area contributed by atoms with Gasteiger partial charge in [-0.2, -0.15) is 0 Å². The monoisotopic (exact) mass is 238 g/mol. The Bertz CT molecular complexity index is 396. The van der Waals surface area contributed by atoms with E-state index in [-0.39, 0.29) is 0 Å². The molecule has 78 valence electrons. The molecule has 1 aromatic rings. The van der Waals surface area contributed by atoms with E-state index in [1.165, 1.54) is 5.56 Å². The molecule has 0 aliphatic heterocycles. The summed E-state index contributed by atoms with van der Waals surface area (Å²) in [6, 6.07) is 10.3. The molecule has 0 aromatic heterocycles. The zero-order valence-corrected chi connectivity index (χ0v) is 10.0. The summed E-state index contributed by atoms with van der Waals surface area (Å²) in [5, 5.41) is 1.14. The third-order valence-corrected chi connectivity index (χ3v) is 2.72. The standard InChI is InChI=1S/C7H8.C6H4Cl2/c1-7-5-3-2-4-6-7;1-4-2-3-5(7)6(4)8/h2-6H,1H3;2-3H,1H2. The quantitative estimate of drug-likeness (QED) is 0.610. The summed E-state index contributed by atoms with van der Waals surface area (Å²) >= 11 is 11.2. The van der Waals surface area contributed by atoms with E-state index < -0.39 is 0 Å². The number of rotatable bonds is 0. The van der Waals surface area contributed by atoms with E-state index in [0.29, 0.717) is 10.1 Å². The lowest BCUT2D eigenvalue weighted by Gasteiger charge is -1.87. The molecular weight excluding hydrogens is 227 g/mol. The van der Waals surface area contributed by atoms with Gasteiger partial charge in [-0.15, -0.1) is 0 Å². The molecule has 0 unspecified atom stereocenters. The maximum Gasteiger partial charge on any atom is 0.0658 e. The molecular formula is C13H12Cl2. The normalized spacial score (nSPS) is 13.9. The Hall–Kier alpha value is -0.980. The average Bonchev–Trinajstić information content (AvgIpc) is 2.52. The van der Waals surface area contributed by atoms with E-state index in [9.17, 15) is 0 Å². The number of benzene rings is 1. The van der Waals surface area contributed by atoms with Crippen LogP contribution in [0.1, 0.15) is 5.56 Å². The third-order valence-electron chi connectivity index (χ3n) is 1.86. The van der Waals surface area contributed by atoms with E-state index in [4.69, 9.17) is 23.2 Å². The molecule has 1 aliphatic carbocycles. The number of allylic oxidation sites excluding steroid dienone is 5. The highest BCUT2D eigenvalue weighted by atomic mass is 35.5. The second kappa shape index (κ2) is 5.79. The van der Waals surface area contributed by atoms with Gasteiger partial charge in [-0.3, -0.25) is 0 Å². The minimum Gasteiger partial charge on any atom is -0.0902 e. The predicted molar refractivity (Wildman–Crippen MR) is 68.2 cm³/mol. The fraction of sp³-hybridized carbons (Fsp3) is 0.0769. The number of hydrogen-bond donors (Lipinski definition) is 0. The van der Waals surface area contributed by atoms with Gasteiger partial charge in [0.15, 0.2) is 0 Å². The molecule has 2 heteroatoms. The van der Waals surface area contributed by atoms with E-state index in [1.807, 2.05) is 18.2 Å². The highest BCUT2D eigenvalue weighted by Gasteiger charge is 2.06. The summed E-state index contributed by atoms with van der Waals surface area (Å²) in [6.45, 7) is 5.71. The molecule has 15 heavy (non-hydrogen) atoms. The minimum atomic E-state index is 0.562. The smallest absolute Gasteiger partial charge is 0.0658 e. The second-order valence-corrected chi connectivity index (χ2v) is 3.96. The van der Waals surface area contributed by atoms with E-state index in [0.717, 1.165) is 5.57 Å². The van der Waals surface area contributed by atoms with Crippen molar-refractivity contribution in [1.82, 2.24) is 0 Å². The van der Waals surface area contributed by atoms with Crippen LogP contribution >= 0.6 is 23.2 Å². The highest BCUT2D eigenvalue weighted by Crippen LogP contribution is 2.28. The molecule has 0 saturated carbocycles. The lowest BCUT2D eigenvalue weighted by atomic mass is 10.2. The summed E-state index contributed by atoms with van der Waals surface area (Å²) in [5.41, 5.74) is 2.11. The second-order valence-electron chi connectivity index (χ2n) is 3.18. The largest absolute Gasteiger partial charge is 0.0902 e. The molecule has 1 aliphatic rings. The summed E-state index contributed by atoms with van der Waals surface area (Å²) in [6.07, 6.45) is 3.51. The molecule has 0 radical (unpaired) electrons. The van der Waals surface area contributed by atoms with Crippen LogP contribution in [0.5, 0.6) is 0 Å². The summed E-state index contributed by atoms with van der Waals surface area (Å²) < 4.78 is 0. The summed E-state index contributed by atoms with van der Waals surface area (Å²) in [4.78, 5) is 0.